The fraction of sp³-hybridized carbons (Fsp3) is 1.00. The number of nitrogens with one attached hydrogen (secondary N) is 1. The lowest BCUT2D eigenvalue weighted by molar-refractivity contribution is 0.183. The molecule has 1 aliphatic carbocycles. The van der Waals surface area contributed by atoms with Crippen molar-refractivity contribution in [1.82, 2.24) is 5.32 Å². The van der Waals surface area contributed by atoms with E-state index in [1.807, 2.05) is 0 Å². The summed E-state index contributed by atoms with van der Waals surface area (Å²) in [5, 5.41) is 3.74. The van der Waals surface area contributed by atoms with Crippen molar-refractivity contribution in [2.45, 2.75) is 39.2 Å². The van der Waals surface area contributed by atoms with Crippen LogP contribution in [0, 0.1) is 17.8 Å². The molecule has 2 aliphatic rings. The van der Waals surface area contributed by atoms with E-state index in [-0.39, 0.29) is 0 Å². The zero-order chi connectivity index (χ0) is 9.97. The van der Waals surface area contributed by atoms with Gasteiger partial charge in [-0.05, 0) is 37.0 Å². The van der Waals surface area contributed by atoms with Crippen LogP contribution in [-0.4, -0.2) is 25.8 Å². The van der Waals surface area contributed by atoms with E-state index in [1.165, 1.54) is 25.8 Å². The van der Waals surface area contributed by atoms with Gasteiger partial charge >= 0.3 is 0 Å². The van der Waals surface area contributed by atoms with Crippen LogP contribution in [0.25, 0.3) is 0 Å². The van der Waals surface area contributed by atoms with Crippen molar-refractivity contribution in [3.63, 3.8) is 0 Å². The molecule has 82 valence electrons. The Labute approximate surface area is 87.4 Å². The van der Waals surface area contributed by atoms with Crippen molar-refractivity contribution in [2.75, 3.05) is 19.8 Å². The molecule has 1 aliphatic heterocycles. The second-order valence-electron chi connectivity index (χ2n) is 5.25. The molecule has 0 amide bonds. The van der Waals surface area contributed by atoms with Gasteiger partial charge in [-0.2, -0.15) is 0 Å². The van der Waals surface area contributed by atoms with Gasteiger partial charge in [0, 0.05) is 19.2 Å². The van der Waals surface area contributed by atoms with E-state index in [1.54, 1.807) is 0 Å². The first kappa shape index (κ1) is 10.4. The summed E-state index contributed by atoms with van der Waals surface area (Å²) in [6, 6.07) is 0.760. The summed E-state index contributed by atoms with van der Waals surface area (Å²) >= 11 is 0. The summed E-state index contributed by atoms with van der Waals surface area (Å²) in [5.41, 5.74) is 0. The molecule has 2 atom stereocenters. The third-order valence-electron chi connectivity index (χ3n) is 3.51. The average molecular weight is 197 g/mol. The molecule has 2 nitrogen and oxygen atoms in total. The molecule has 1 heterocycles. The highest BCUT2D eigenvalue weighted by molar-refractivity contribution is 4.88. The van der Waals surface area contributed by atoms with Crippen molar-refractivity contribution < 1.29 is 4.74 Å². The van der Waals surface area contributed by atoms with Gasteiger partial charge in [0.1, 0.15) is 0 Å². The zero-order valence-corrected chi connectivity index (χ0v) is 9.46. The van der Waals surface area contributed by atoms with Gasteiger partial charge < -0.3 is 10.1 Å². The lowest BCUT2D eigenvalue weighted by Crippen LogP contribution is -2.38. The number of rotatable bonds is 5. The SMILES string of the molecule is CC(C)C(NCC1CCOC1)C1CC1. The van der Waals surface area contributed by atoms with Crippen LogP contribution in [0.2, 0.25) is 0 Å². The quantitative estimate of drug-likeness (QED) is 0.728. The molecule has 2 fully saturated rings. The normalized spacial score (nSPS) is 29.8. The minimum absolute atomic E-state index is 0.760. The summed E-state index contributed by atoms with van der Waals surface area (Å²) in [6.45, 7) is 7.78. The van der Waals surface area contributed by atoms with E-state index in [0.29, 0.717) is 0 Å². The van der Waals surface area contributed by atoms with E-state index in [2.05, 4.69) is 19.2 Å². The summed E-state index contributed by atoms with van der Waals surface area (Å²) in [6.07, 6.45) is 4.14. The summed E-state index contributed by atoms with van der Waals surface area (Å²) < 4.78 is 5.39. The monoisotopic (exact) mass is 197 g/mol. The molecule has 2 unspecified atom stereocenters. The third-order valence-corrected chi connectivity index (χ3v) is 3.51. The first-order chi connectivity index (χ1) is 6.77. The van der Waals surface area contributed by atoms with E-state index in [9.17, 15) is 0 Å². The van der Waals surface area contributed by atoms with E-state index in [4.69, 9.17) is 4.74 Å². The minimum Gasteiger partial charge on any atom is -0.381 e. The summed E-state index contributed by atoms with van der Waals surface area (Å²) in [7, 11) is 0. The van der Waals surface area contributed by atoms with Gasteiger partial charge in [0.25, 0.3) is 0 Å². The molecule has 0 aromatic rings. The van der Waals surface area contributed by atoms with Crippen LogP contribution in [0.1, 0.15) is 33.1 Å². The van der Waals surface area contributed by atoms with Crippen LogP contribution in [0.4, 0.5) is 0 Å². The van der Waals surface area contributed by atoms with Crippen LogP contribution in [0.3, 0.4) is 0 Å². The molecule has 0 aromatic carbocycles. The Kier molecular flexibility index (Phi) is 3.45. The third kappa shape index (κ3) is 2.71. The lowest BCUT2D eigenvalue weighted by Gasteiger charge is -2.23. The van der Waals surface area contributed by atoms with Gasteiger partial charge in [-0.25, -0.2) is 0 Å². The van der Waals surface area contributed by atoms with Crippen LogP contribution < -0.4 is 5.32 Å². The molecule has 0 spiro atoms. The van der Waals surface area contributed by atoms with Gasteiger partial charge in [-0.1, -0.05) is 13.8 Å². The molecular weight excluding hydrogens is 174 g/mol. The van der Waals surface area contributed by atoms with Crippen molar-refractivity contribution in [1.29, 1.82) is 0 Å². The number of hydrogen-bond acceptors (Lipinski definition) is 2. The highest BCUT2D eigenvalue weighted by Crippen LogP contribution is 2.35. The van der Waals surface area contributed by atoms with Crippen LogP contribution in [-0.2, 0) is 4.74 Å². The lowest BCUT2D eigenvalue weighted by atomic mass is 9.98. The maximum atomic E-state index is 5.39. The summed E-state index contributed by atoms with van der Waals surface area (Å²) in [5.74, 6) is 2.53. The number of ether oxygens (including phenoxy) is 1. The fourth-order valence-corrected chi connectivity index (χ4v) is 2.45. The molecule has 1 saturated carbocycles. The van der Waals surface area contributed by atoms with Crippen molar-refractivity contribution in [3.05, 3.63) is 0 Å². The van der Waals surface area contributed by atoms with Crippen LogP contribution in [0.15, 0.2) is 0 Å². The second kappa shape index (κ2) is 4.63. The Morgan fingerprint density at radius 1 is 1.29 bits per heavy atom. The molecule has 2 heteroatoms. The van der Waals surface area contributed by atoms with Gasteiger partial charge in [-0.3, -0.25) is 0 Å². The molecule has 2 rings (SSSR count). The highest BCUT2D eigenvalue weighted by atomic mass is 16.5. The Morgan fingerprint density at radius 3 is 2.57 bits per heavy atom. The predicted molar refractivity (Wildman–Crippen MR) is 58.3 cm³/mol. The molecule has 0 radical (unpaired) electrons. The largest absolute Gasteiger partial charge is 0.381 e. The summed E-state index contributed by atoms with van der Waals surface area (Å²) in [4.78, 5) is 0. The van der Waals surface area contributed by atoms with Gasteiger partial charge in [0.05, 0.1) is 6.61 Å². The first-order valence-electron chi connectivity index (χ1n) is 6.08. The van der Waals surface area contributed by atoms with Crippen molar-refractivity contribution >= 4 is 0 Å². The Hall–Kier alpha value is -0.0800. The standard InChI is InChI=1S/C12H23NO/c1-9(2)12(11-3-4-11)13-7-10-5-6-14-8-10/h9-13H,3-8H2,1-2H3. The smallest absolute Gasteiger partial charge is 0.0507 e. The van der Waals surface area contributed by atoms with Crippen molar-refractivity contribution in [3.8, 4) is 0 Å². The first-order valence-corrected chi connectivity index (χ1v) is 6.08. The van der Waals surface area contributed by atoms with E-state index in [0.717, 1.165) is 37.0 Å². The minimum atomic E-state index is 0.760. The molecule has 1 N–H and O–H groups in total. The zero-order valence-electron chi connectivity index (χ0n) is 9.46. The molecule has 1 saturated heterocycles. The topological polar surface area (TPSA) is 21.3 Å². The van der Waals surface area contributed by atoms with E-state index >= 15 is 0 Å². The molecule has 0 bridgehead atoms. The average Bonchev–Trinajstić information content (AvgIpc) is 2.82. The predicted octanol–water partition coefficient (Wildman–Crippen LogP) is 2.05. The fourth-order valence-electron chi connectivity index (χ4n) is 2.45. The van der Waals surface area contributed by atoms with Gasteiger partial charge in [0.2, 0.25) is 0 Å². The highest BCUT2D eigenvalue weighted by Gasteiger charge is 2.33. The van der Waals surface area contributed by atoms with Crippen molar-refractivity contribution in [2.24, 2.45) is 17.8 Å². The maximum Gasteiger partial charge on any atom is 0.0507 e. The Bertz CT molecular complexity index is 169. The van der Waals surface area contributed by atoms with Crippen LogP contribution >= 0.6 is 0 Å². The molecule has 14 heavy (non-hydrogen) atoms. The molecular formula is C12H23NO. The van der Waals surface area contributed by atoms with Crippen LogP contribution in [0.5, 0.6) is 0 Å². The number of hydrogen-bond donors (Lipinski definition) is 1. The second-order valence-corrected chi connectivity index (χ2v) is 5.25. The Balaban J connectivity index is 1.70. The van der Waals surface area contributed by atoms with Gasteiger partial charge in [0.15, 0.2) is 0 Å². The Morgan fingerprint density at radius 2 is 2.07 bits per heavy atom. The molecule has 0 aromatic heterocycles. The maximum absolute atomic E-state index is 5.39. The van der Waals surface area contributed by atoms with E-state index < -0.39 is 0 Å². The van der Waals surface area contributed by atoms with Gasteiger partial charge in [-0.15, -0.1) is 0 Å².